The summed E-state index contributed by atoms with van der Waals surface area (Å²) >= 11 is 3.44. The van der Waals surface area contributed by atoms with Crippen LogP contribution in [0.5, 0.6) is 0 Å². The molecule has 1 N–H and O–H groups in total. The van der Waals surface area contributed by atoms with Crippen molar-refractivity contribution in [2.45, 2.75) is 25.8 Å². The molecule has 0 bridgehead atoms. The second kappa shape index (κ2) is 6.76. The van der Waals surface area contributed by atoms with Crippen LogP contribution in [0.25, 0.3) is 10.7 Å². The lowest BCUT2D eigenvalue weighted by molar-refractivity contribution is 0.164. The largest absolute Gasteiger partial charge is 0.314 e. The average Bonchev–Trinajstić information content (AvgIpc) is 3.16. The Bertz CT molecular complexity index is 517. The standard InChI is InChI=1S/C14H20N4S2/c1-2-3-12(18-7-4-15-5-8-18)14-17-11(10-20-14)13-16-6-9-19-13/h6,9-10,12,15H,2-5,7-8H2,1H3. The molecule has 1 unspecified atom stereocenters. The topological polar surface area (TPSA) is 41.1 Å². The van der Waals surface area contributed by atoms with E-state index in [-0.39, 0.29) is 0 Å². The maximum absolute atomic E-state index is 4.85. The maximum atomic E-state index is 4.85. The zero-order chi connectivity index (χ0) is 13.8. The second-order valence-electron chi connectivity index (χ2n) is 5.00. The van der Waals surface area contributed by atoms with E-state index >= 15 is 0 Å². The zero-order valence-electron chi connectivity index (χ0n) is 11.7. The summed E-state index contributed by atoms with van der Waals surface area (Å²) in [5, 5.41) is 9.86. The fourth-order valence-electron chi connectivity index (χ4n) is 2.62. The van der Waals surface area contributed by atoms with Crippen molar-refractivity contribution in [3.63, 3.8) is 0 Å². The number of rotatable bonds is 5. The third-order valence-corrected chi connectivity index (χ3v) is 5.35. The smallest absolute Gasteiger partial charge is 0.142 e. The van der Waals surface area contributed by atoms with Gasteiger partial charge in [0.25, 0.3) is 0 Å². The van der Waals surface area contributed by atoms with Crippen LogP contribution in [0.3, 0.4) is 0 Å². The first-order chi connectivity index (χ1) is 9.88. The average molecular weight is 308 g/mol. The molecule has 0 aliphatic carbocycles. The molecule has 1 fully saturated rings. The van der Waals surface area contributed by atoms with Gasteiger partial charge in [0, 0.05) is 43.1 Å². The first-order valence-corrected chi connectivity index (χ1v) is 8.94. The Hall–Kier alpha value is -0.820. The van der Waals surface area contributed by atoms with Crippen molar-refractivity contribution in [1.29, 1.82) is 0 Å². The predicted octanol–water partition coefficient (Wildman–Crippen LogP) is 3.01. The van der Waals surface area contributed by atoms with Crippen molar-refractivity contribution < 1.29 is 0 Å². The number of piperazine rings is 1. The van der Waals surface area contributed by atoms with Gasteiger partial charge in [-0.05, 0) is 6.42 Å². The highest BCUT2D eigenvalue weighted by molar-refractivity contribution is 7.14. The van der Waals surface area contributed by atoms with E-state index in [1.54, 1.807) is 22.7 Å². The van der Waals surface area contributed by atoms with Crippen LogP contribution in [0.1, 0.15) is 30.8 Å². The summed E-state index contributed by atoms with van der Waals surface area (Å²) < 4.78 is 0. The van der Waals surface area contributed by atoms with Gasteiger partial charge in [-0.1, -0.05) is 13.3 Å². The third-order valence-electron chi connectivity index (χ3n) is 3.61. The normalized spacial score (nSPS) is 18.2. The van der Waals surface area contributed by atoms with Crippen molar-refractivity contribution in [3.8, 4) is 10.7 Å². The van der Waals surface area contributed by atoms with Crippen LogP contribution in [0, 0.1) is 0 Å². The Balaban J connectivity index is 1.80. The first-order valence-electron chi connectivity index (χ1n) is 7.18. The molecule has 3 rings (SSSR count). The van der Waals surface area contributed by atoms with Gasteiger partial charge in [0.2, 0.25) is 0 Å². The van der Waals surface area contributed by atoms with Gasteiger partial charge in [-0.25, -0.2) is 9.97 Å². The Morgan fingerprint density at radius 3 is 2.90 bits per heavy atom. The second-order valence-corrected chi connectivity index (χ2v) is 6.78. The number of nitrogens with zero attached hydrogens (tertiary/aromatic N) is 3. The van der Waals surface area contributed by atoms with Gasteiger partial charge in [-0.2, -0.15) is 0 Å². The molecule has 6 heteroatoms. The number of hydrogen-bond acceptors (Lipinski definition) is 6. The summed E-state index contributed by atoms with van der Waals surface area (Å²) in [4.78, 5) is 11.8. The molecule has 20 heavy (non-hydrogen) atoms. The fourth-order valence-corrected chi connectivity index (χ4v) is 4.26. The minimum Gasteiger partial charge on any atom is -0.314 e. The summed E-state index contributed by atoms with van der Waals surface area (Å²) in [6.07, 6.45) is 4.23. The molecule has 0 amide bonds. The van der Waals surface area contributed by atoms with Crippen molar-refractivity contribution in [3.05, 3.63) is 22.0 Å². The monoisotopic (exact) mass is 308 g/mol. The van der Waals surface area contributed by atoms with Crippen molar-refractivity contribution in [1.82, 2.24) is 20.2 Å². The van der Waals surface area contributed by atoms with Crippen molar-refractivity contribution in [2.75, 3.05) is 26.2 Å². The van der Waals surface area contributed by atoms with Crippen LogP contribution in [-0.2, 0) is 0 Å². The van der Waals surface area contributed by atoms with E-state index < -0.39 is 0 Å². The summed E-state index contributed by atoms with van der Waals surface area (Å²) in [6.45, 7) is 6.67. The predicted molar refractivity (Wildman–Crippen MR) is 85.3 cm³/mol. The lowest BCUT2D eigenvalue weighted by atomic mass is 10.1. The maximum Gasteiger partial charge on any atom is 0.142 e. The molecule has 108 valence electrons. The van der Waals surface area contributed by atoms with E-state index in [2.05, 4.69) is 27.5 Å². The van der Waals surface area contributed by atoms with Crippen molar-refractivity contribution >= 4 is 22.7 Å². The molecular formula is C14H20N4S2. The lowest BCUT2D eigenvalue weighted by Gasteiger charge is -2.33. The van der Waals surface area contributed by atoms with Gasteiger partial charge in [-0.3, -0.25) is 4.90 Å². The van der Waals surface area contributed by atoms with E-state index in [1.165, 1.54) is 17.8 Å². The van der Waals surface area contributed by atoms with Gasteiger partial charge in [0.15, 0.2) is 0 Å². The minimum absolute atomic E-state index is 0.473. The quantitative estimate of drug-likeness (QED) is 0.922. The van der Waals surface area contributed by atoms with Gasteiger partial charge < -0.3 is 5.32 Å². The molecule has 1 atom stereocenters. The van der Waals surface area contributed by atoms with E-state index in [9.17, 15) is 0 Å². The molecular weight excluding hydrogens is 288 g/mol. The van der Waals surface area contributed by atoms with Crippen LogP contribution < -0.4 is 5.32 Å². The molecule has 0 radical (unpaired) electrons. The van der Waals surface area contributed by atoms with E-state index in [4.69, 9.17) is 4.98 Å². The van der Waals surface area contributed by atoms with Crippen molar-refractivity contribution in [2.24, 2.45) is 0 Å². The zero-order valence-corrected chi connectivity index (χ0v) is 13.3. The molecule has 1 saturated heterocycles. The molecule has 3 heterocycles. The fraction of sp³-hybridized carbons (Fsp3) is 0.571. The Morgan fingerprint density at radius 1 is 1.35 bits per heavy atom. The number of thiazole rings is 2. The van der Waals surface area contributed by atoms with Crippen LogP contribution in [0.15, 0.2) is 17.0 Å². The van der Waals surface area contributed by atoms with Gasteiger partial charge in [0.1, 0.15) is 15.7 Å². The molecule has 2 aromatic rings. The number of nitrogens with one attached hydrogen (secondary N) is 1. The molecule has 0 aromatic carbocycles. The molecule has 0 spiro atoms. The molecule has 2 aromatic heterocycles. The van der Waals surface area contributed by atoms with Gasteiger partial charge >= 0.3 is 0 Å². The molecule has 1 aliphatic heterocycles. The summed E-state index contributed by atoms with van der Waals surface area (Å²) in [5.41, 5.74) is 1.04. The summed E-state index contributed by atoms with van der Waals surface area (Å²) in [6, 6.07) is 0.473. The lowest BCUT2D eigenvalue weighted by Crippen LogP contribution is -2.45. The highest BCUT2D eigenvalue weighted by atomic mass is 32.1. The molecule has 1 aliphatic rings. The SMILES string of the molecule is CCCC(c1nc(-c2nccs2)cs1)N1CCNCC1. The van der Waals surface area contributed by atoms with Crippen LogP contribution in [0.2, 0.25) is 0 Å². The Morgan fingerprint density at radius 2 is 2.20 bits per heavy atom. The highest BCUT2D eigenvalue weighted by Crippen LogP contribution is 2.32. The van der Waals surface area contributed by atoms with Crippen LogP contribution >= 0.6 is 22.7 Å². The van der Waals surface area contributed by atoms with Crippen LogP contribution in [0.4, 0.5) is 0 Å². The van der Waals surface area contributed by atoms with Crippen LogP contribution in [-0.4, -0.2) is 41.0 Å². The number of hydrogen-bond donors (Lipinski definition) is 1. The third kappa shape index (κ3) is 3.09. The first kappa shape index (κ1) is 14.1. The number of aromatic nitrogens is 2. The Kier molecular flexibility index (Phi) is 4.77. The summed E-state index contributed by atoms with van der Waals surface area (Å²) in [7, 11) is 0. The van der Waals surface area contributed by atoms with E-state index in [0.29, 0.717) is 6.04 Å². The molecule has 0 saturated carbocycles. The van der Waals surface area contributed by atoms with E-state index in [0.717, 1.165) is 36.9 Å². The summed E-state index contributed by atoms with van der Waals surface area (Å²) in [5.74, 6) is 0. The highest BCUT2D eigenvalue weighted by Gasteiger charge is 2.24. The van der Waals surface area contributed by atoms with Gasteiger partial charge in [0.05, 0.1) is 6.04 Å². The minimum atomic E-state index is 0.473. The molecule has 4 nitrogen and oxygen atoms in total. The van der Waals surface area contributed by atoms with E-state index in [1.807, 2.05) is 11.6 Å². The van der Waals surface area contributed by atoms with Gasteiger partial charge in [-0.15, -0.1) is 22.7 Å². The Labute approximate surface area is 127 Å².